The van der Waals surface area contributed by atoms with Gasteiger partial charge in [-0.3, -0.25) is 0 Å². The van der Waals surface area contributed by atoms with Crippen molar-refractivity contribution in [3.05, 3.63) is 0 Å². The van der Waals surface area contributed by atoms with Crippen molar-refractivity contribution >= 4 is 0 Å². The average molecular weight is 357 g/mol. The highest BCUT2D eigenvalue weighted by Crippen LogP contribution is 2.13. The number of hydrogen-bond acceptors (Lipinski definition) is 3. The van der Waals surface area contributed by atoms with Crippen LogP contribution in [-0.2, 0) is 4.74 Å². The Kier molecular flexibility index (Phi) is 17.2. The molecule has 0 bridgehead atoms. The molecule has 0 fully saturated rings. The predicted octanol–water partition coefficient (Wildman–Crippen LogP) is 5.58. The first-order valence-corrected chi connectivity index (χ1v) is 10.9. The van der Waals surface area contributed by atoms with E-state index in [2.05, 4.69) is 51.8 Å². The molecule has 0 aliphatic rings. The van der Waals surface area contributed by atoms with Crippen molar-refractivity contribution < 1.29 is 4.74 Å². The van der Waals surface area contributed by atoms with Crippen LogP contribution in [0.15, 0.2) is 0 Å². The van der Waals surface area contributed by atoms with Gasteiger partial charge in [0.1, 0.15) is 0 Å². The van der Waals surface area contributed by atoms with Gasteiger partial charge in [-0.2, -0.15) is 0 Å². The molecule has 0 aromatic heterocycles. The molecule has 0 spiro atoms. The van der Waals surface area contributed by atoms with E-state index < -0.39 is 0 Å². The maximum absolute atomic E-state index is 6.15. The third kappa shape index (κ3) is 14.7. The van der Waals surface area contributed by atoms with Gasteiger partial charge in [0, 0.05) is 12.1 Å². The minimum absolute atomic E-state index is 0.564. The maximum atomic E-state index is 6.15. The van der Waals surface area contributed by atoms with Gasteiger partial charge in [-0.1, -0.05) is 78.1 Å². The van der Waals surface area contributed by atoms with E-state index in [4.69, 9.17) is 4.74 Å². The number of unbranched alkanes of at least 4 members (excludes halogenated alkanes) is 8. The Morgan fingerprint density at radius 1 is 0.560 bits per heavy atom. The lowest BCUT2D eigenvalue weighted by Gasteiger charge is -2.28. The Morgan fingerprint density at radius 3 is 1.24 bits per heavy atom. The number of hydrogen-bond donors (Lipinski definition) is 0. The first-order valence-electron chi connectivity index (χ1n) is 10.9. The summed E-state index contributed by atoms with van der Waals surface area (Å²) in [7, 11) is 8.77. The number of ether oxygens (including phenoxy) is 1. The summed E-state index contributed by atoms with van der Waals surface area (Å²) < 4.78 is 6.15. The van der Waals surface area contributed by atoms with Crippen LogP contribution in [0.4, 0.5) is 0 Å². The van der Waals surface area contributed by atoms with Crippen LogP contribution in [0.3, 0.4) is 0 Å². The van der Waals surface area contributed by atoms with Gasteiger partial charge in [0.2, 0.25) is 0 Å². The smallest absolute Gasteiger partial charge is 0.0622 e. The van der Waals surface area contributed by atoms with E-state index in [0.29, 0.717) is 12.1 Å². The summed E-state index contributed by atoms with van der Waals surface area (Å²) in [5, 5.41) is 0. The summed E-state index contributed by atoms with van der Waals surface area (Å²) in [5.74, 6) is 0. The Balaban J connectivity index is 3.98. The van der Waals surface area contributed by atoms with Gasteiger partial charge in [0.05, 0.1) is 13.2 Å². The van der Waals surface area contributed by atoms with Crippen molar-refractivity contribution in [1.82, 2.24) is 9.80 Å². The second-order valence-electron chi connectivity index (χ2n) is 8.18. The molecule has 3 heteroatoms. The lowest BCUT2D eigenvalue weighted by atomic mass is 10.1. The van der Waals surface area contributed by atoms with E-state index in [9.17, 15) is 0 Å². The molecular weight excluding hydrogens is 308 g/mol. The molecule has 0 aromatic carbocycles. The van der Waals surface area contributed by atoms with Crippen LogP contribution in [0.5, 0.6) is 0 Å². The summed E-state index contributed by atoms with van der Waals surface area (Å²) in [6.07, 6.45) is 16.1. The summed E-state index contributed by atoms with van der Waals surface area (Å²) in [6, 6.07) is 1.13. The van der Waals surface area contributed by atoms with E-state index in [1.54, 1.807) is 0 Å². The molecule has 0 N–H and O–H groups in total. The minimum Gasteiger partial charge on any atom is -0.378 e. The molecule has 0 saturated carbocycles. The van der Waals surface area contributed by atoms with Crippen molar-refractivity contribution in [1.29, 1.82) is 0 Å². The highest BCUT2D eigenvalue weighted by atomic mass is 16.5. The monoisotopic (exact) mass is 356 g/mol. The topological polar surface area (TPSA) is 15.7 Å². The fourth-order valence-electron chi connectivity index (χ4n) is 3.29. The lowest BCUT2D eigenvalue weighted by molar-refractivity contribution is 0.0388. The Labute approximate surface area is 159 Å². The molecule has 0 rings (SSSR count). The summed E-state index contributed by atoms with van der Waals surface area (Å²) in [4.78, 5) is 4.68. The van der Waals surface area contributed by atoms with Gasteiger partial charge in [-0.25, -0.2) is 0 Å². The van der Waals surface area contributed by atoms with Crippen LogP contribution >= 0.6 is 0 Å². The second-order valence-corrected chi connectivity index (χ2v) is 8.18. The average Bonchev–Trinajstić information content (AvgIpc) is 2.57. The highest BCUT2D eigenvalue weighted by Gasteiger charge is 2.15. The molecule has 0 aliphatic carbocycles. The van der Waals surface area contributed by atoms with Crippen LogP contribution in [0, 0.1) is 0 Å². The van der Waals surface area contributed by atoms with Gasteiger partial charge in [0.25, 0.3) is 0 Å². The van der Waals surface area contributed by atoms with Crippen LogP contribution in [0.25, 0.3) is 0 Å². The Hall–Kier alpha value is -0.120. The Morgan fingerprint density at radius 2 is 0.920 bits per heavy atom. The first-order chi connectivity index (χ1) is 12.0. The fraction of sp³-hybridized carbons (Fsp3) is 1.00. The van der Waals surface area contributed by atoms with Crippen molar-refractivity contribution in [2.75, 3.05) is 41.4 Å². The summed E-state index contributed by atoms with van der Waals surface area (Å²) >= 11 is 0. The van der Waals surface area contributed by atoms with Crippen LogP contribution in [0.1, 0.15) is 90.9 Å². The molecule has 0 aliphatic heterocycles. The van der Waals surface area contributed by atoms with Crippen molar-refractivity contribution in [3.8, 4) is 0 Å². The van der Waals surface area contributed by atoms with Gasteiger partial charge >= 0.3 is 0 Å². The maximum Gasteiger partial charge on any atom is 0.0622 e. The Bertz CT molecular complexity index is 243. The first kappa shape index (κ1) is 24.9. The van der Waals surface area contributed by atoms with Crippen LogP contribution < -0.4 is 0 Å². The molecule has 3 nitrogen and oxygen atoms in total. The number of likely N-dealkylation sites (N-methyl/N-ethyl adjacent to an activating group) is 2. The van der Waals surface area contributed by atoms with Crippen molar-refractivity contribution in [2.24, 2.45) is 0 Å². The SMILES string of the molecule is CCCCCCCC(COCC(CCCCCCC)N(C)C)N(C)C. The molecule has 152 valence electrons. The molecule has 2 unspecified atom stereocenters. The number of nitrogens with zero attached hydrogens (tertiary/aromatic N) is 2. The van der Waals surface area contributed by atoms with Crippen LogP contribution in [-0.4, -0.2) is 63.3 Å². The quantitative estimate of drug-likeness (QED) is 0.298. The zero-order chi connectivity index (χ0) is 18.9. The van der Waals surface area contributed by atoms with E-state index in [1.165, 1.54) is 77.0 Å². The molecule has 0 heterocycles. The van der Waals surface area contributed by atoms with E-state index >= 15 is 0 Å². The number of rotatable bonds is 18. The van der Waals surface area contributed by atoms with Crippen LogP contribution in [0.2, 0.25) is 0 Å². The van der Waals surface area contributed by atoms with E-state index in [1.807, 2.05) is 0 Å². The van der Waals surface area contributed by atoms with Gasteiger partial charge < -0.3 is 14.5 Å². The third-order valence-corrected chi connectivity index (χ3v) is 5.36. The molecule has 0 radical (unpaired) electrons. The molecular formula is C22H48N2O. The fourth-order valence-corrected chi connectivity index (χ4v) is 3.29. The normalized spacial score (nSPS) is 14.4. The lowest BCUT2D eigenvalue weighted by Crippen LogP contribution is -2.36. The molecule has 0 saturated heterocycles. The molecule has 0 aromatic rings. The minimum atomic E-state index is 0.564. The predicted molar refractivity (Wildman–Crippen MR) is 113 cm³/mol. The van der Waals surface area contributed by atoms with E-state index in [-0.39, 0.29) is 0 Å². The molecule has 0 amide bonds. The third-order valence-electron chi connectivity index (χ3n) is 5.36. The van der Waals surface area contributed by atoms with Crippen molar-refractivity contribution in [3.63, 3.8) is 0 Å². The highest BCUT2D eigenvalue weighted by molar-refractivity contribution is 4.69. The van der Waals surface area contributed by atoms with E-state index in [0.717, 1.165) is 13.2 Å². The van der Waals surface area contributed by atoms with Crippen molar-refractivity contribution in [2.45, 2.75) is 103 Å². The van der Waals surface area contributed by atoms with Gasteiger partial charge in [-0.15, -0.1) is 0 Å². The molecule has 25 heavy (non-hydrogen) atoms. The standard InChI is InChI=1S/C22H48N2O/c1-7-9-11-13-15-17-21(23(3)4)19-25-20-22(24(5)6)18-16-14-12-10-8-2/h21-22H,7-20H2,1-6H3. The zero-order valence-electron chi connectivity index (χ0n) is 18.4. The second kappa shape index (κ2) is 17.3. The summed E-state index contributed by atoms with van der Waals surface area (Å²) in [6.45, 7) is 6.31. The molecule has 2 atom stereocenters. The largest absolute Gasteiger partial charge is 0.378 e. The van der Waals surface area contributed by atoms with Gasteiger partial charge in [-0.05, 0) is 41.0 Å². The summed E-state index contributed by atoms with van der Waals surface area (Å²) in [5.41, 5.74) is 0. The zero-order valence-corrected chi connectivity index (χ0v) is 18.4. The van der Waals surface area contributed by atoms with Gasteiger partial charge in [0.15, 0.2) is 0 Å².